The van der Waals surface area contributed by atoms with Crippen LogP contribution in [-0.4, -0.2) is 48.7 Å². The fraction of sp³-hybridized carbons (Fsp3) is 0.714. The van der Waals surface area contributed by atoms with Crippen molar-refractivity contribution in [2.24, 2.45) is 0 Å². The summed E-state index contributed by atoms with van der Waals surface area (Å²) in [5.41, 5.74) is 0.615. The highest BCUT2D eigenvalue weighted by Crippen LogP contribution is 2.25. The molecule has 2 rings (SSSR count). The number of ether oxygens (including phenoxy) is 1. The zero-order valence-corrected chi connectivity index (χ0v) is 13.6. The topological polar surface area (TPSA) is 71.8 Å². The molecule has 0 saturated carbocycles. The summed E-state index contributed by atoms with van der Waals surface area (Å²) < 4.78 is 34.0. The number of sulfonamides is 1. The SMILES string of the molecule is CC(C)n1cc(S(=O)(=O)N(C)C2CCOCC2)cc1CO. The van der Waals surface area contributed by atoms with Crippen molar-refractivity contribution in [2.75, 3.05) is 20.3 Å². The Kier molecular flexibility index (Phi) is 5.08. The Bertz CT molecular complexity index is 574. The van der Waals surface area contributed by atoms with E-state index in [0.717, 1.165) is 0 Å². The zero-order valence-electron chi connectivity index (χ0n) is 12.8. The molecule has 0 amide bonds. The van der Waals surface area contributed by atoms with Crippen molar-refractivity contribution in [1.29, 1.82) is 0 Å². The highest BCUT2D eigenvalue weighted by atomic mass is 32.2. The highest BCUT2D eigenvalue weighted by Gasteiger charge is 2.30. The normalized spacial score (nSPS) is 17.8. The minimum absolute atomic E-state index is 0.0243. The van der Waals surface area contributed by atoms with E-state index in [2.05, 4.69) is 0 Å². The number of aliphatic hydroxyl groups is 1. The van der Waals surface area contributed by atoms with E-state index in [0.29, 0.717) is 31.7 Å². The molecular weight excluding hydrogens is 292 g/mol. The van der Waals surface area contributed by atoms with Gasteiger partial charge in [-0.15, -0.1) is 0 Å². The number of rotatable bonds is 5. The Morgan fingerprint density at radius 1 is 1.43 bits per heavy atom. The van der Waals surface area contributed by atoms with Crippen LogP contribution in [-0.2, 0) is 21.4 Å². The fourth-order valence-corrected chi connectivity index (χ4v) is 4.12. The summed E-state index contributed by atoms with van der Waals surface area (Å²) in [5.74, 6) is 0. The van der Waals surface area contributed by atoms with Gasteiger partial charge in [-0.3, -0.25) is 0 Å². The third kappa shape index (κ3) is 3.31. The molecule has 1 aliphatic rings. The number of hydrogen-bond donors (Lipinski definition) is 1. The van der Waals surface area contributed by atoms with Crippen LogP contribution in [0.5, 0.6) is 0 Å². The Balaban J connectivity index is 2.30. The fourth-order valence-electron chi connectivity index (χ4n) is 2.66. The largest absolute Gasteiger partial charge is 0.390 e. The van der Waals surface area contributed by atoms with E-state index in [-0.39, 0.29) is 23.6 Å². The summed E-state index contributed by atoms with van der Waals surface area (Å²) in [6.45, 7) is 4.93. The van der Waals surface area contributed by atoms with Gasteiger partial charge in [0.15, 0.2) is 0 Å². The molecule has 21 heavy (non-hydrogen) atoms. The van der Waals surface area contributed by atoms with Gasteiger partial charge < -0.3 is 14.4 Å². The van der Waals surface area contributed by atoms with E-state index in [1.165, 1.54) is 4.31 Å². The van der Waals surface area contributed by atoms with Gasteiger partial charge in [-0.1, -0.05) is 0 Å². The van der Waals surface area contributed by atoms with E-state index in [9.17, 15) is 13.5 Å². The molecule has 0 unspecified atom stereocenters. The quantitative estimate of drug-likeness (QED) is 0.890. The molecule has 1 aliphatic heterocycles. The molecular formula is C14H24N2O4S. The van der Waals surface area contributed by atoms with Gasteiger partial charge in [0.1, 0.15) is 4.90 Å². The summed E-state index contributed by atoms with van der Waals surface area (Å²) in [7, 11) is -1.92. The summed E-state index contributed by atoms with van der Waals surface area (Å²) in [6, 6.07) is 1.64. The average Bonchev–Trinajstić information content (AvgIpc) is 2.92. The van der Waals surface area contributed by atoms with Gasteiger partial charge in [0.25, 0.3) is 0 Å². The lowest BCUT2D eigenvalue weighted by Crippen LogP contribution is -2.40. The van der Waals surface area contributed by atoms with Crippen LogP contribution in [0.2, 0.25) is 0 Å². The Hall–Kier alpha value is -0.890. The molecule has 1 N–H and O–H groups in total. The molecule has 0 spiro atoms. The molecule has 1 fully saturated rings. The Labute approximate surface area is 126 Å². The minimum Gasteiger partial charge on any atom is -0.390 e. The monoisotopic (exact) mass is 316 g/mol. The van der Waals surface area contributed by atoms with E-state index < -0.39 is 10.0 Å². The molecule has 0 atom stereocenters. The molecule has 6 nitrogen and oxygen atoms in total. The smallest absolute Gasteiger partial charge is 0.244 e. The molecule has 7 heteroatoms. The van der Waals surface area contributed by atoms with Gasteiger partial charge in [0.05, 0.1) is 6.61 Å². The first-order chi connectivity index (χ1) is 9.87. The lowest BCUT2D eigenvalue weighted by molar-refractivity contribution is 0.0632. The third-order valence-electron chi connectivity index (χ3n) is 4.01. The molecule has 1 aromatic rings. The zero-order chi connectivity index (χ0) is 15.6. The summed E-state index contributed by atoms with van der Waals surface area (Å²) >= 11 is 0. The minimum atomic E-state index is -3.54. The maximum atomic E-state index is 12.7. The van der Waals surface area contributed by atoms with Crippen molar-refractivity contribution in [3.05, 3.63) is 18.0 Å². The van der Waals surface area contributed by atoms with Crippen molar-refractivity contribution in [3.8, 4) is 0 Å². The summed E-state index contributed by atoms with van der Waals surface area (Å²) in [5, 5.41) is 9.39. The van der Waals surface area contributed by atoms with Crippen LogP contribution < -0.4 is 0 Å². The Morgan fingerprint density at radius 3 is 2.52 bits per heavy atom. The van der Waals surface area contributed by atoms with Crippen LogP contribution >= 0.6 is 0 Å². The van der Waals surface area contributed by atoms with Gasteiger partial charge in [0.2, 0.25) is 10.0 Å². The molecule has 2 heterocycles. The lowest BCUT2D eigenvalue weighted by atomic mass is 10.1. The van der Waals surface area contributed by atoms with Crippen LogP contribution in [0.15, 0.2) is 17.2 Å². The summed E-state index contributed by atoms with van der Waals surface area (Å²) in [4.78, 5) is 0.245. The highest BCUT2D eigenvalue weighted by molar-refractivity contribution is 7.89. The number of nitrogens with zero attached hydrogens (tertiary/aromatic N) is 2. The predicted molar refractivity (Wildman–Crippen MR) is 79.5 cm³/mol. The third-order valence-corrected chi connectivity index (χ3v) is 5.88. The van der Waals surface area contributed by atoms with E-state index >= 15 is 0 Å². The van der Waals surface area contributed by atoms with E-state index in [4.69, 9.17) is 4.74 Å². The first-order valence-electron chi connectivity index (χ1n) is 7.25. The van der Waals surface area contributed by atoms with Crippen LogP contribution in [0.1, 0.15) is 38.4 Å². The molecule has 120 valence electrons. The second kappa shape index (κ2) is 6.48. The van der Waals surface area contributed by atoms with Gasteiger partial charge in [-0.2, -0.15) is 4.31 Å². The molecule has 0 aromatic carbocycles. The standard InChI is InChI=1S/C14H24N2O4S/c1-11(2)16-9-14(8-13(16)10-17)21(18,19)15(3)12-4-6-20-7-5-12/h8-9,11-12,17H,4-7,10H2,1-3H3. The first kappa shape index (κ1) is 16.5. The number of aromatic nitrogens is 1. The van der Waals surface area contributed by atoms with Crippen molar-refractivity contribution < 1.29 is 18.3 Å². The predicted octanol–water partition coefficient (Wildman–Crippen LogP) is 1.36. The van der Waals surface area contributed by atoms with Crippen LogP contribution in [0, 0.1) is 0 Å². The molecule has 1 aromatic heterocycles. The molecule has 0 radical (unpaired) electrons. The maximum absolute atomic E-state index is 12.7. The van der Waals surface area contributed by atoms with Gasteiger partial charge >= 0.3 is 0 Å². The maximum Gasteiger partial charge on any atom is 0.244 e. The molecule has 0 aliphatic carbocycles. The second-order valence-corrected chi connectivity index (χ2v) is 7.69. The van der Waals surface area contributed by atoms with Crippen molar-refractivity contribution in [1.82, 2.24) is 8.87 Å². The van der Waals surface area contributed by atoms with Crippen LogP contribution in [0.3, 0.4) is 0 Å². The van der Waals surface area contributed by atoms with Crippen molar-refractivity contribution in [2.45, 2.75) is 50.3 Å². The second-order valence-electron chi connectivity index (χ2n) is 5.69. The number of aliphatic hydroxyl groups excluding tert-OH is 1. The van der Waals surface area contributed by atoms with Crippen LogP contribution in [0.25, 0.3) is 0 Å². The Morgan fingerprint density at radius 2 is 2.05 bits per heavy atom. The number of hydrogen-bond acceptors (Lipinski definition) is 4. The van der Waals surface area contributed by atoms with Gasteiger partial charge in [-0.25, -0.2) is 8.42 Å². The summed E-state index contributed by atoms with van der Waals surface area (Å²) in [6.07, 6.45) is 3.04. The van der Waals surface area contributed by atoms with Gasteiger partial charge in [-0.05, 0) is 32.8 Å². The molecule has 0 bridgehead atoms. The van der Waals surface area contributed by atoms with E-state index in [1.54, 1.807) is 23.9 Å². The average molecular weight is 316 g/mol. The lowest BCUT2D eigenvalue weighted by Gasteiger charge is -2.30. The van der Waals surface area contributed by atoms with Gasteiger partial charge in [0, 0.05) is 44.2 Å². The van der Waals surface area contributed by atoms with E-state index in [1.807, 2.05) is 13.8 Å². The first-order valence-corrected chi connectivity index (χ1v) is 8.69. The van der Waals surface area contributed by atoms with Crippen LogP contribution in [0.4, 0.5) is 0 Å². The molecule has 1 saturated heterocycles. The van der Waals surface area contributed by atoms with Crippen molar-refractivity contribution >= 4 is 10.0 Å². The van der Waals surface area contributed by atoms with Crippen molar-refractivity contribution in [3.63, 3.8) is 0 Å².